The van der Waals surface area contributed by atoms with Crippen molar-refractivity contribution in [1.82, 2.24) is 10.5 Å². The van der Waals surface area contributed by atoms with Gasteiger partial charge in [-0.3, -0.25) is 4.79 Å². The summed E-state index contributed by atoms with van der Waals surface area (Å²) in [5, 5.41) is 8.11. The van der Waals surface area contributed by atoms with E-state index >= 15 is 0 Å². The van der Waals surface area contributed by atoms with Gasteiger partial charge in [0.2, 0.25) is 0 Å². The molecule has 0 spiro atoms. The third kappa shape index (κ3) is 4.12. The fraction of sp³-hybridized carbons (Fsp3) is 0.375. The van der Waals surface area contributed by atoms with E-state index in [9.17, 15) is 9.59 Å². The number of hydrogen-bond acceptors (Lipinski definition) is 5. The number of urea groups is 1. The molecule has 2 N–H and O–H groups in total. The lowest BCUT2D eigenvalue weighted by Gasteiger charge is -2.04. The lowest BCUT2D eigenvalue weighted by molar-refractivity contribution is -0.141. The van der Waals surface area contributed by atoms with Crippen molar-refractivity contribution in [2.75, 3.05) is 18.5 Å². The maximum Gasteiger partial charge on any atom is 0.325 e. The minimum Gasteiger partial charge on any atom is -0.465 e. The van der Waals surface area contributed by atoms with Gasteiger partial charge in [-0.05, 0) is 6.92 Å². The number of hydrogen-bond donors (Lipinski definition) is 2. The van der Waals surface area contributed by atoms with Gasteiger partial charge in [-0.2, -0.15) is 0 Å². The van der Waals surface area contributed by atoms with E-state index in [-0.39, 0.29) is 13.2 Å². The summed E-state index contributed by atoms with van der Waals surface area (Å²) in [6, 6.07) is -0.522. The number of carbonyl (C=O) groups excluding carboxylic acids is 2. The summed E-state index contributed by atoms with van der Waals surface area (Å²) in [4.78, 5) is 22.0. The number of esters is 1. The maximum atomic E-state index is 11.1. The smallest absolute Gasteiger partial charge is 0.325 e. The van der Waals surface area contributed by atoms with Gasteiger partial charge in [0, 0.05) is 0 Å². The Bertz CT molecular complexity index is 323. The number of carbonyl (C=O) groups is 2. The lowest BCUT2D eigenvalue weighted by Crippen LogP contribution is -2.34. The molecule has 7 heteroatoms. The van der Waals surface area contributed by atoms with Gasteiger partial charge in [-0.1, -0.05) is 5.16 Å². The predicted molar refractivity (Wildman–Crippen MR) is 50.2 cm³/mol. The van der Waals surface area contributed by atoms with Gasteiger partial charge in [-0.25, -0.2) is 4.79 Å². The summed E-state index contributed by atoms with van der Waals surface area (Å²) in [6.45, 7) is 1.80. The van der Waals surface area contributed by atoms with E-state index in [4.69, 9.17) is 0 Å². The van der Waals surface area contributed by atoms with E-state index in [1.807, 2.05) is 0 Å². The van der Waals surface area contributed by atoms with Crippen molar-refractivity contribution in [1.29, 1.82) is 0 Å². The Morgan fingerprint density at radius 2 is 2.40 bits per heavy atom. The molecule has 0 fully saturated rings. The zero-order chi connectivity index (χ0) is 11.1. The number of amides is 2. The Balaban J connectivity index is 2.22. The topological polar surface area (TPSA) is 93.5 Å². The molecule has 82 valence electrons. The van der Waals surface area contributed by atoms with Crippen LogP contribution < -0.4 is 10.6 Å². The Labute approximate surface area is 85.8 Å². The first kappa shape index (κ1) is 11.0. The molecule has 1 rings (SSSR count). The molecule has 0 radical (unpaired) electrons. The zero-order valence-corrected chi connectivity index (χ0v) is 8.15. The second-order valence-corrected chi connectivity index (χ2v) is 2.53. The molecule has 0 bridgehead atoms. The summed E-state index contributed by atoms with van der Waals surface area (Å²) < 4.78 is 9.11. The summed E-state index contributed by atoms with van der Waals surface area (Å²) in [6.07, 6.45) is 2.61. The molecular weight excluding hydrogens is 202 g/mol. The van der Waals surface area contributed by atoms with Crippen LogP contribution >= 0.6 is 0 Å². The first-order valence-electron chi connectivity index (χ1n) is 4.32. The van der Waals surface area contributed by atoms with E-state index in [1.165, 1.54) is 12.5 Å². The molecular formula is C8H11N3O4. The largest absolute Gasteiger partial charge is 0.465 e. The predicted octanol–water partition coefficient (Wildman–Crippen LogP) is 0.359. The van der Waals surface area contributed by atoms with Crippen LogP contribution in [0.15, 0.2) is 17.0 Å². The van der Waals surface area contributed by atoms with Crippen LogP contribution in [0.5, 0.6) is 0 Å². The third-order valence-corrected chi connectivity index (χ3v) is 1.39. The maximum absolute atomic E-state index is 11.1. The highest BCUT2D eigenvalue weighted by Crippen LogP contribution is 2.02. The molecule has 0 unspecified atom stereocenters. The van der Waals surface area contributed by atoms with Crippen molar-refractivity contribution in [3.05, 3.63) is 12.5 Å². The molecule has 0 aromatic carbocycles. The van der Waals surface area contributed by atoms with Crippen molar-refractivity contribution in [2.45, 2.75) is 6.92 Å². The quantitative estimate of drug-likeness (QED) is 0.704. The number of nitrogens with zero attached hydrogens (tertiary/aromatic N) is 1. The second-order valence-electron chi connectivity index (χ2n) is 2.53. The second kappa shape index (κ2) is 5.63. The van der Waals surface area contributed by atoms with Crippen LogP contribution in [0.25, 0.3) is 0 Å². The Morgan fingerprint density at radius 1 is 1.60 bits per heavy atom. The van der Waals surface area contributed by atoms with Crippen LogP contribution in [0, 0.1) is 0 Å². The summed E-state index contributed by atoms with van der Waals surface area (Å²) in [5.41, 5.74) is 0.413. The SMILES string of the molecule is CCOC(=O)CNC(=O)Nc1cnoc1. The standard InChI is InChI=1S/C8H11N3O4/c1-2-14-7(12)4-9-8(13)11-6-3-10-15-5-6/h3,5H,2,4H2,1H3,(H2,9,11,13). The van der Waals surface area contributed by atoms with Crippen molar-refractivity contribution in [3.63, 3.8) is 0 Å². The van der Waals surface area contributed by atoms with E-state index in [1.54, 1.807) is 6.92 Å². The monoisotopic (exact) mass is 213 g/mol. The number of ether oxygens (including phenoxy) is 1. The molecule has 2 amide bonds. The number of rotatable bonds is 4. The molecule has 1 aromatic heterocycles. The van der Waals surface area contributed by atoms with Crippen LogP contribution in [-0.2, 0) is 9.53 Å². The average Bonchev–Trinajstić information content (AvgIpc) is 2.68. The van der Waals surface area contributed by atoms with Crippen molar-refractivity contribution in [3.8, 4) is 0 Å². The van der Waals surface area contributed by atoms with E-state index in [0.717, 1.165) is 0 Å². The highest BCUT2D eigenvalue weighted by atomic mass is 16.5. The van der Waals surface area contributed by atoms with Gasteiger partial charge >= 0.3 is 12.0 Å². The fourth-order valence-corrected chi connectivity index (χ4v) is 0.806. The lowest BCUT2D eigenvalue weighted by atomic mass is 10.6. The van der Waals surface area contributed by atoms with Crippen LogP contribution in [0.3, 0.4) is 0 Å². The van der Waals surface area contributed by atoms with Gasteiger partial charge in [0.25, 0.3) is 0 Å². The number of aromatic nitrogens is 1. The molecule has 0 aliphatic rings. The molecule has 0 aliphatic carbocycles. The summed E-state index contributed by atoms with van der Waals surface area (Å²) in [7, 11) is 0. The molecule has 0 aliphatic heterocycles. The molecule has 1 aromatic rings. The third-order valence-electron chi connectivity index (χ3n) is 1.39. The Morgan fingerprint density at radius 3 is 3.00 bits per heavy atom. The molecule has 0 saturated heterocycles. The molecule has 0 atom stereocenters. The van der Waals surface area contributed by atoms with Crippen molar-refractivity contribution < 1.29 is 18.8 Å². The first-order valence-corrected chi connectivity index (χ1v) is 4.32. The van der Waals surface area contributed by atoms with Gasteiger partial charge in [0.1, 0.15) is 18.5 Å². The highest BCUT2D eigenvalue weighted by Gasteiger charge is 2.06. The minimum absolute atomic E-state index is 0.176. The van der Waals surface area contributed by atoms with E-state index in [0.29, 0.717) is 5.69 Å². The summed E-state index contributed by atoms with van der Waals surface area (Å²) >= 11 is 0. The Hall–Kier alpha value is -2.05. The van der Waals surface area contributed by atoms with E-state index in [2.05, 4.69) is 25.1 Å². The van der Waals surface area contributed by atoms with Crippen molar-refractivity contribution in [2.24, 2.45) is 0 Å². The molecule has 0 saturated carbocycles. The normalized spacial score (nSPS) is 9.40. The van der Waals surface area contributed by atoms with Crippen LogP contribution in [0.4, 0.5) is 10.5 Å². The summed E-state index contributed by atoms with van der Waals surface area (Å²) in [5.74, 6) is -0.488. The molecule has 15 heavy (non-hydrogen) atoms. The first-order chi connectivity index (χ1) is 7.22. The Kier molecular flexibility index (Phi) is 4.14. The number of nitrogens with one attached hydrogen (secondary N) is 2. The van der Waals surface area contributed by atoms with E-state index < -0.39 is 12.0 Å². The van der Waals surface area contributed by atoms with Gasteiger partial charge in [0.05, 0.1) is 12.8 Å². The van der Waals surface area contributed by atoms with Crippen LogP contribution in [0.1, 0.15) is 6.92 Å². The average molecular weight is 213 g/mol. The van der Waals surface area contributed by atoms with Crippen molar-refractivity contribution >= 4 is 17.7 Å². The van der Waals surface area contributed by atoms with Crippen LogP contribution in [0.2, 0.25) is 0 Å². The molecule has 1 heterocycles. The fourth-order valence-electron chi connectivity index (χ4n) is 0.806. The van der Waals surface area contributed by atoms with Gasteiger partial charge in [0.15, 0.2) is 0 Å². The van der Waals surface area contributed by atoms with Gasteiger partial charge in [-0.15, -0.1) is 0 Å². The number of anilines is 1. The minimum atomic E-state index is -0.522. The molecule has 7 nitrogen and oxygen atoms in total. The van der Waals surface area contributed by atoms with Crippen LogP contribution in [-0.4, -0.2) is 30.3 Å². The van der Waals surface area contributed by atoms with Gasteiger partial charge < -0.3 is 19.9 Å². The zero-order valence-electron chi connectivity index (χ0n) is 8.15. The highest BCUT2D eigenvalue weighted by molar-refractivity contribution is 5.91.